The lowest BCUT2D eigenvalue weighted by molar-refractivity contribution is 0.374. The third-order valence-electron chi connectivity index (χ3n) is 6.28. The van der Waals surface area contributed by atoms with Crippen molar-refractivity contribution >= 4 is 16.6 Å². The number of anilines is 1. The second-order valence-electron chi connectivity index (χ2n) is 8.23. The van der Waals surface area contributed by atoms with Crippen LogP contribution in [0.1, 0.15) is 66.7 Å². The van der Waals surface area contributed by atoms with Crippen LogP contribution in [0.4, 0.5) is 10.1 Å². The van der Waals surface area contributed by atoms with Gasteiger partial charge in [-0.05, 0) is 79.8 Å². The lowest BCUT2D eigenvalue weighted by Crippen LogP contribution is -2.28. The molecule has 2 unspecified atom stereocenters. The van der Waals surface area contributed by atoms with Crippen LogP contribution in [0.5, 0.6) is 0 Å². The molecule has 3 nitrogen and oxygen atoms in total. The molecule has 1 heterocycles. The number of benzene rings is 2. The molecular weight excluding hydrogens is 349 g/mol. The van der Waals surface area contributed by atoms with Gasteiger partial charge >= 0.3 is 0 Å². The van der Waals surface area contributed by atoms with Gasteiger partial charge in [0.2, 0.25) is 0 Å². The number of rotatable bonds is 3. The standard InChI is InChI=1S/C24H28FN3/c1-6-17-10-14(3)24(18-11-13(2)23(25)15(4)22(17)18)28-21-9-7-8-20-19(21)12-26-16(5)27-20/h7-9,11-12,14,17,24,28H,6,10H2,1-5H3/t14?,17-,24?/m1/s1. The van der Waals surface area contributed by atoms with Crippen LogP contribution in [0.15, 0.2) is 30.5 Å². The Bertz CT molecular complexity index is 1040. The summed E-state index contributed by atoms with van der Waals surface area (Å²) < 4.78 is 14.7. The molecule has 1 aromatic heterocycles. The van der Waals surface area contributed by atoms with Gasteiger partial charge in [-0.25, -0.2) is 14.4 Å². The van der Waals surface area contributed by atoms with E-state index in [1.54, 1.807) is 0 Å². The second-order valence-corrected chi connectivity index (χ2v) is 8.23. The average Bonchev–Trinajstić information content (AvgIpc) is 2.67. The van der Waals surface area contributed by atoms with E-state index in [9.17, 15) is 4.39 Å². The Morgan fingerprint density at radius 3 is 2.75 bits per heavy atom. The number of nitrogens with zero attached hydrogens (tertiary/aromatic N) is 2. The summed E-state index contributed by atoms with van der Waals surface area (Å²) in [6.45, 7) is 10.2. The molecule has 0 spiro atoms. The van der Waals surface area contributed by atoms with Crippen molar-refractivity contribution in [3.63, 3.8) is 0 Å². The van der Waals surface area contributed by atoms with Crippen molar-refractivity contribution in [3.05, 3.63) is 64.4 Å². The summed E-state index contributed by atoms with van der Waals surface area (Å²) in [6.07, 6.45) is 3.99. The van der Waals surface area contributed by atoms with Crippen molar-refractivity contribution < 1.29 is 4.39 Å². The van der Waals surface area contributed by atoms with E-state index < -0.39 is 0 Å². The molecule has 28 heavy (non-hydrogen) atoms. The van der Waals surface area contributed by atoms with Crippen molar-refractivity contribution in [2.45, 2.75) is 59.4 Å². The first-order valence-electron chi connectivity index (χ1n) is 10.2. The summed E-state index contributed by atoms with van der Waals surface area (Å²) in [5.74, 6) is 1.58. The molecule has 0 saturated carbocycles. The molecule has 0 amide bonds. The van der Waals surface area contributed by atoms with Gasteiger partial charge in [0.05, 0.1) is 11.6 Å². The SMILES string of the molecule is CC[C@@H]1CC(C)C(Nc2cccc3nc(C)ncc23)c2cc(C)c(F)c(C)c21. The van der Waals surface area contributed by atoms with Crippen molar-refractivity contribution in [3.8, 4) is 0 Å². The predicted molar refractivity (Wildman–Crippen MR) is 113 cm³/mol. The molecule has 0 aliphatic heterocycles. The van der Waals surface area contributed by atoms with E-state index in [1.807, 2.05) is 39.1 Å². The first-order valence-corrected chi connectivity index (χ1v) is 10.2. The molecule has 0 bridgehead atoms. The lowest BCUT2D eigenvalue weighted by atomic mass is 9.71. The van der Waals surface area contributed by atoms with Crippen LogP contribution in [0.25, 0.3) is 10.9 Å². The second kappa shape index (κ2) is 7.16. The Morgan fingerprint density at radius 2 is 2.00 bits per heavy atom. The number of nitrogens with one attached hydrogen (secondary N) is 1. The van der Waals surface area contributed by atoms with Gasteiger partial charge in [0.15, 0.2) is 0 Å². The van der Waals surface area contributed by atoms with Crippen LogP contribution in [0.2, 0.25) is 0 Å². The molecule has 146 valence electrons. The summed E-state index contributed by atoms with van der Waals surface area (Å²) in [4.78, 5) is 8.95. The van der Waals surface area contributed by atoms with Crippen LogP contribution < -0.4 is 5.32 Å². The Labute approximate surface area is 166 Å². The fourth-order valence-electron chi connectivity index (χ4n) is 4.84. The minimum absolute atomic E-state index is 0.0560. The third-order valence-corrected chi connectivity index (χ3v) is 6.28. The Balaban J connectivity index is 1.83. The van der Waals surface area contributed by atoms with Crippen LogP contribution in [0.3, 0.4) is 0 Å². The monoisotopic (exact) mass is 377 g/mol. The normalized spacial score (nSPS) is 21.6. The van der Waals surface area contributed by atoms with E-state index in [2.05, 4.69) is 41.3 Å². The maximum Gasteiger partial charge on any atom is 0.129 e. The molecule has 3 atom stereocenters. The molecule has 0 saturated heterocycles. The number of aromatic nitrogens is 2. The molecule has 3 aromatic rings. The average molecular weight is 378 g/mol. The topological polar surface area (TPSA) is 37.8 Å². The quantitative estimate of drug-likeness (QED) is 0.575. The number of fused-ring (bicyclic) bond motifs is 2. The summed E-state index contributed by atoms with van der Waals surface area (Å²) in [6, 6.07) is 8.33. The highest BCUT2D eigenvalue weighted by Gasteiger charge is 2.34. The lowest BCUT2D eigenvalue weighted by Gasteiger charge is -2.39. The molecule has 4 heteroatoms. The molecule has 0 fully saturated rings. The molecule has 1 aliphatic rings. The van der Waals surface area contributed by atoms with E-state index in [1.165, 1.54) is 11.1 Å². The summed E-state index contributed by atoms with van der Waals surface area (Å²) in [5.41, 5.74) is 5.97. The van der Waals surface area contributed by atoms with Gasteiger partial charge in [-0.3, -0.25) is 0 Å². The Kier molecular flexibility index (Phi) is 4.82. The Morgan fingerprint density at radius 1 is 1.21 bits per heavy atom. The van der Waals surface area contributed by atoms with E-state index in [0.717, 1.165) is 46.4 Å². The van der Waals surface area contributed by atoms with E-state index in [4.69, 9.17) is 0 Å². The van der Waals surface area contributed by atoms with Gasteiger partial charge < -0.3 is 5.32 Å². The molecule has 1 N–H and O–H groups in total. The van der Waals surface area contributed by atoms with E-state index in [-0.39, 0.29) is 11.9 Å². The van der Waals surface area contributed by atoms with Crippen LogP contribution in [-0.4, -0.2) is 9.97 Å². The van der Waals surface area contributed by atoms with Crippen LogP contribution >= 0.6 is 0 Å². The highest BCUT2D eigenvalue weighted by atomic mass is 19.1. The maximum atomic E-state index is 14.7. The first-order chi connectivity index (χ1) is 13.4. The van der Waals surface area contributed by atoms with Gasteiger partial charge in [0.1, 0.15) is 11.6 Å². The number of halogens is 1. The highest BCUT2D eigenvalue weighted by Crippen LogP contribution is 2.46. The zero-order valence-corrected chi connectivity index (χ0v) is 17.3. The smallest absolute Gasteiger partial charge is 0.129 e. The van der Waals surface area contributed by atoms with Gasteiger partial charge in [0.25, 0.3) is 0 Å². The van der Waals surface area contributed by atoms with E-state index in [0.29, 0.717) is 11.8 Å². The molecule has 2 aromatic carbocycles. The van der Waals surface area contributed by atoms with Crippen LogP contribution in [-0.2, 0) is 0 Å². The van der Waals surface area contributed by atoms with Gasteiger partial charge in [-0.2, -0.15) is 0 Å². The fraction of sp³-hybridized carbons (Fsp3) is 0.417. The van der Waals surface area contributed by atoms with Crippen molar-refractivity contribution in [2.75, 3.05) is 5.32 Å². The highest BCUT2D eigenvalue weighted by molar-refractivity contribution is 5.90. The van der Waals surface area contributed by atoms with Crippen LogP contribution in [0, 0.1) is 32.5 Å². The number of hydrogen-bond acceptors (Lipinski definition) is 3. The van der Waals surface area contributed by atoms with Gasteiger partial charge in [0, 0.05) is 17.3 Å². The number of aryl methyl sites for hydroxylation is 2. The van der Waals surface area contributed by atoms with Crippen molar-refractivity contribution in [2.24, 2.45) is 5.92 Å². The molecule has 4 rings (SSSR count). The minimum Gasteiger partial charge on any atom is -0.377 e. The summed E-state index contributed by atoms with van der Waals surface area (Å²) >= 11 is 0. The first kappa shape index (κ1) is 18.9. The largest absolute Gasteiger partial charge is 0.377 e. The minimum atomic E-state index is -0.0560. The maximum absolute atomic E-state index is 14.7. The third kappa shape index (κ3) is 3.05. The summed E-state index contributed by atoms with van der Waals surface area (Å²) in [7, 11) is 0. The number of hydrogen-bond donors (Lipinski definition) is 1. The molecule has 1 aliphatic carbocycles. The molecule has 0 radical (unpaired) electrons. The summed E-state index contributed by atoms with van der Waals surface area (Å²) in [5, 5.41) is 4.79. The molecular formula is C24H28FN3. The zero-order chi connectivity index (χ0) is 20.0. The van der Waals surface area contributed by atoms with Crippen molar-refractivity contribution in [1.29, 1.82) is 0 Å². The van der Waals surface area contributed by atoms with E-state index >= 15 is 0 Å². The van der Waals surface area contributed by atoms with Crippen molar-refractivity contribution in [1.82, 2.24) is 9.97 Å². The zero-order valence-electron chi connectivity index (χ0n) is 17.3. The van der Waals surface area contributed by atoms with Gasteiger partial charge in [-0.1, -0.05) is 26.0 Å². The van der Waals surface area contributed by atoms with Gasteiger partial charge in [-0.15, -0.1) is 0 Å². The predicted octanol–water partition coefficient (Wildman–Crippen LogP) is 6.38. The fourth-order valence-corrected chi connectivity index (χ4v) is 4.84. The Hall–Kier alpha value is -2.49.